The van der Waals surface area contributed by atoms with E-state index < -0.39 is 0 Å². The van der Waals surface area contributed by atoms with E-state index in [1.54, 1.807) is 0 Å². The van der Waals surface area contributed by atoms with Crippen molar-refractivity contribution in [1.29, 1.82) is 5.26 Å². The van der Waals surface area contributed by atoms with E-state index >= 15 is 0 Å². The molecule has 0 radical (unpaired) electrons. The Labute approximate surface area is 121 Å². The first-order valence-corrected chi connectivity index (χ1v) is 6.67. The zero-order chi connectivity index (χ0) is 13.4. The van der Waals surface area contributed by atoms with Crippen molar-refractivity contribution >= 4 is 28.9 Å². The summed E-state index contributed by atoms with van der Waals surface area (Å²) in [6.45, 7) is 0. The summed E-state index contributed by atoms with van der Waals surface area (Å²) in [6, 6.07) is 13.7. The summed E-state index contributed by atoms with van der Waals surface area (Å²) in [5.41, 5.74) is 4.03. The van der Waals surface area contributed by atoms with Crippen LogP contribution in [0, 0.1) is 11.3 Å². The molecule has 0 saturated heterocycles. The Morgan fingerprint density at radius 1 is 1.11 bits per heavy atom. The fourth-order valence-electron chi connectivity index (χ4n) is 2.36. The largest absolute Gasteiger partial charge is 0.378 e. The third-order valence-electron chi connectivity index (χ3n) is 3.33. The third kappa shape index (κ3) is 2.28. The molecule has 19 heavy (non-hydrogen) atoms. The first-order chi connectivity index (χ1) is 9.17. The molecule has 4 heteroatoms. The molecule has 1 atom stereocenters. The molecule has 1 heterocycles. The van der Waals surface area contributed by atoms with Gasteiger partial charge < -0.3 is 5.32 Å². The second-order valence-electron chi connectivity index (χ2n) is 4.56. The van der Waals surface area contributed by atoms with Crippen LogP contribution in [-0.2, 0) is 6.42 Å². The zero-order valence-electron chi connectivity index (χ0n) is 9.95. The highest BCUT2D eigenvalue weighted by Gasteiger charge is 2.22. The molecule has 2 aromatic rings. The maximum absolute atomic E-state index is 8.92. The van der Waals surface area contributed by atoms with Gasteiger partial charge in [0.25, 0.3) is 0 Å². The molecule has 94 valence electrons. The van der Waals surface area contributed by atoms with E-state index in [0.29, 0.717) is 15.6 Å². The maximum Gasteiger partial charge on any atom is 0.0991 e. The van der Waals surface area contributed by atoms with Crippen LogP contribution in [0.4, 0.5) is 5.69 Å². The lowest BCUT2D eigenvalue weighted by atomic mass is 10.0. The van der Waals surface area contributed by atoms with Gasteiger partial charge in [-0.1, -0.05) is 29.3 Å². The highest BCUT2D eigenvalue weighted by molar-refractivity contribution is 6.42. The molecule has 0 saturated carbocycles. The van der Waals surface area contributed by atoms with E-state index in [1.165, 1.54) is 0 Å². The van der Waals surface area contributed by atoms with Gasteiger partial charge in [-0.3, -0.25) is 0 Å². The first kappa shape index (κ1) is 12.3. The van der Waals surface area contributed by atoms with Crippen molar-refractivity contribution in [1.82, 2.24) is 0 Å². The van der Waals surface area contributed by atoms with Crippen molar-refractivity contribution in [3.8, 4) is 6.07 Å². The van der Waals surface area contributed by atoms with Gasteiger partial charge in [0, 0.05) is 5.69 Å². The predicted molar refractivity (Wildman–Crippen MR) is 77.7 cm³/mol. The van der Waals surface area contributed by atoms with Gasteiger partial charge in [-0.2, -0.15) is 5.26 Å². The first-order valence-electron chi connectivity index (χ1n) is 5.92. The second-order valence-corrected chi connectivity index (χ2v) is 5.37. The molecule has 0 amide bonds. The Kier molecular flexibility index (Phi) is 3.10. The Hall–Kier alpha value is -1.69. The van der Waals surface area contributed by atoms with E-state index in [2.05, 4.69) is 11.4 Å². The van der Waals surface area contributed by atoms with Crippen LogP contribution < -0.4 is 5.32 Å². The number of hydrogen-bond donors (Lipinski definition) is 1. The molecule has 0 aliphatic carbocycles. The lowest BCUT2D eigenvalue weighted by molar-refractivity contribution is 0.824. The SMILES string of the molecule is N#Cc1ccc2c(c1)CC(c1ccc(Cl)c(Cl)c1)N2. The van der Waals surface area contributed by atoms with Crippen LogP contribution in [0.2, 0.25) is 10.0 Å². The molecular weight excluding hydrogens is 279 g/mol. The molecule has 1 N–H and O–H groups in total. The summed E-state index contributed by atoms with van der Waals surface area (Å²) in [7, 11) is 0. The van der Waals surface area contributed by atoms with E-state index in [0.717, 1.165) is 23.2 Å². The van der Waals surface area contributed by atoms with Crippen LogP contribution in [0.3, 0.4) is 0 Å². The van der Waals surface area contributed by atoms with Crippen molar-refractivity contribution in [2.24, 2.45) is 0 Å². The van der Waals surface area contributed by atoms with Gasteiger partial charge in [-0.05, 0) is 47.9 Å². The molecule has 0 bridgehead atoms. The number of benzene rings is 2. The fourth-order valence-corrected chi connectivity index (χ4v) is 2.67. The summed E-state index contributed by atoms with van der Waals surface area (Å²) >= 11 is 12.0. The van der Waals surface area contributed by atoms with E-state index in [1.807, 2.05) is 36.4 Å². The van der Waals surface area contributed by atoms with E-state index in [4.69, 9.17) is 28.5 Å². The topological polar surface area (TPSA) is 35.8 Å². The smallest absolute Gasteiger partial charge is 0.0991 e. The van der Waals surface area contributed by atoms with Crippen molar-refractivity contribution in [3.05, 3.63) is 63.1 Å². The van der Waals surface area contributed by atoms with Gasteiger partial charge in [0.2, 0.25) is 0 Å². The summed E-state index contributed by atoms with van der Waals surface area (Å²) in [6.07, 6.45) is 0.850. The summed E-state index contributed by atoms with van der Waals surface area (Å²) in [4.78, 5) is 0. The number of halogens is 2. The standard InChI is InChI=1S/C15H10Cl2N2/c16-12-3-2-10(6-13(12)17)15-7-11-5-9(8-18)1-4-14(11)19-15/h1-6,15,19H,7H2. The number of fused-ring (bicyclic) bond motifs is 1. The van der Waals surface area contributed by atoms with Crippen molar-refractivity contribution in [3.63, 3.8) is 0 Å². The average Bonchev–Trinajstić information content (AvgIpc) is 2.84. The van der Waals surface area contributed by atoms with Crippen LogP contribution in [-0.4, -0.2) is 0 Å². The predicted octanol–water partition coefficient (Wildman–Crippen LogP) is 4.57. The second kappa shape index (κ2) is 4.77. The van der Waals surface area contributed by atoms with Gasteiger partial charge in [-0.25, -0.2) is 0 Å². The Morgan fingerprint density at radius 2 is 1.95 bits per heavy atom. The van der Waals surface area contributed by atoms with Crippen LogP contribution in [0.15, 0.2) is 36.4 Å². The molecule has 0 aromatic heterocycles. The highest BCUT2D eigenvalue weighted by Crippen LogP contribution is 2.36. The third-order valence-corrected chi connectivity index (χ3v) is 4.07. The molecule has 2 nitrogen and oxygen atoms in total. The van der Waals surface area contributed by atoms with E-state index in [9.17, 15) is 0 Å². The molecule has 1 unspecified atom stereocenters. The highest BCUT2D eigenvalue weighted by atomic mass is 35.5. The Morgan fingerprint density at radius 3 is 2.68 bits per heavy atom. The molecule has 1 aliphatic heterocycles. The minimum absolute atomic E-state index is 0.179. The average molecular weight is 289 g/mol. The number of nitriles is 1. The Balaban J connectivity index is 1.91. The molecule has 2 aromatic carbocycles. The van der Waals surface area contributed by atoms with Crippen molar-refractivity contribution in [2.45, 2.75) is 12.5 Å². The lowest BCUT2D eigenvalue weighted by Crippen LogP contribution is -2.05. The lowest BCUT2D eigenvalue weighted by Gasteiger charge is -2.12. The van der Waals surface area contributed by atoms with Gasteiger partial charge in [0.1, 0.15) is 0 Å². The van der Waals surface area contributed by atoms with Crippen LogP contribution >= 0.6 is 23.2 Å². The molecule has 1 aliphatic rings. The van der Waals surface area contributed by atoms with Gasteiger partial charge in [-0.15, -0.1) is 0 Å². The number of nitrogens with one attached hydrogen (secondary N) is 1. The van der Waals surface area contributed by atoms with Crippen LogP contribution in [0.1, 0.15) is 22.7 Å². The summed E-state index contributed by atoms with van der Waals surface area (Å²) in [5, 5.41) is 13.5. The number of anilines is 1. The Bertz CT molecular complexity index is 689. The minimum Gasteiger partial charge on any atom is -0.378 e. The minimum atomic E-state index is 0.179. The van der Waals surface area contributed by atoms with Crippen LogP contribution in [0.25, 0.3) is 0 Å². The molecule has 3 rings (SSSR count). The maximum atomic E-state index is 8.92. The van der Waals surface area contributed by atoms with Crippen molar-refractivity contribution < 1.29 is 0 Å². The quantitative estimate of drug-likeness (QED) is 0.834. The molecular formula is C15H10Cl2N2. The monoisotopic (exact) mass is 288 g/mol. The number of hydrogen-bond acceptors (Lipinski definition) is 2. The van der Waals surface area contributed by atoms with Gasteiger partial charge in [0.05, 0.1) is 27.7 Å². The number of nitrogens with zero attached hydrogens (tertiary/aromatic N) is 1. The van der Waals surface area contributed by atoms with Crippen molar-refractivity contribution in [2.75, 3.05) is 5.32 Å². The van der Waals surface area contributed by atoms with Crippen LogP contribution in [0.5, 0.6) is 0 Å². The number of rotatable bonds is 1. The molecule has 0 spiro atoms. The fraction of sp³-hybridized carbons (Fsp3) is 0.133. The van der Waals surface area contributed by atoms with Gasteiger partial charge in [0.15, 0.2) is 0 Å². The van der Waals surface area contributed by atoms with E-state index in [-0.39, 0.29) is 6.04 Å². The summed E-state index contributed by atoms with van der Waals surface area (Å²) < 4.78 is 0. The molecule has 0 fully saturated rings. The summed E-state index contributed by atoms with van der Waals surface area (Å²) in [5.74, 6) is 0. The normalized spacial score (nSPS) is 16.6. The van der Waals surface area contributed by atoms with Gasteiger partial charge >= 0.3 is 0 Å². The zero-order valence-corrected chi connectivity index (χ0v) is 11.5.